The van der Waals surface area contributed by atoms with Gasteiger partial charge in [-0.15, -0.1) is 0 Å². The van der Waals surface area contributed by atoms with Crippen LogP contribution in [-0.4, -0.2) is 32.8 Å². The molecule has 0 N–H and O–H groups in total. The summed E-state index contributed by atoms with van der Waals surface area (Å²) in [5, 5.41) is 0. The number of ether oxygens (including phenoxy) is 4. The van der Waals surface area contributed by atoms with Crippen LogP contribution in [0.5, 0.6) is 11.5 Å². The van der Waals surface area contributed by atoms with Crippen LogP contribution in [0.3, 0.4) is 0 Å². The summed E-state index contributed by atoms with van der Waals surface area (Å²) in [6, 6.07) is 12.0. The molecule has 0 atom stereocenters. The highest BCUT2D eigenvalue weighted by Gasteiger charge is 2.56. The van der Waals surface area contributed by atoms with Crippen molar-refractivity contribution in [3.05, 3.63) is 53.1 Å². The van der Waals surface area contributed by atoms with Crippen molar-refractivity contribution in [3.8, 4) is 11.5 Å². The molecule has 1 fully saturated rings. The van der Waals surface area contributed by atoms with Crippen LogP contribution in [0.15, 0.2) is 36.4 Å². The second-order valence-electron chi connectivity index (χ2n) is 8.35. The van der Waals surface area contributed by atoms with E-state index in [1.165, 1.54) is 5.56 Å². The molecule has 0 aromatic heterocycles. The van der Waals surface area contributed by atoms with Crippen LogP contribution in [0.1, 0.15) is 56.2 Å². The number of fused-ring (bicyclic) bond motifs is 2. The number of hydrogen-bond acceptors (Lipinski definition) is 5. The fraction of sp³-hybridized carbons (Fsp3) is 0.500. The van der Waals surface area contributed by atoms with Crippen molar-refractivity contribution in [2.75, 3.05) is 31.8 Å². The van der Waals surface area contributed by atoms with Gasteiger partial charge in [0.15, 0.2) is 11.5 Å². The van der Waals surface area contributed by atoms with Gasteiger partial charge in [-0.1, -0.05) is 38.8 Å². The molecule has 2 aliphatic heterocycles. The van der Waals surface area contributed by atoms with E-state index in [0.717, 1.165) is 54.7 Å². The van der Waals surface area contributed by atoms with Gasteiger partial charge in [0.2, 0.25) is 0 Å². The first kappa shape index (κ1) is 22.6. The van der Waals surface area contributed by atoms with Gasteiger partial charge in [0.25, 0.3) is 11.7 Å². The van der Waals surface area contributed by atoms with Crippen molar-refractivity contribution in [1.29, 1.82) is 0 Å². The van der Waals surface area contributed by atoms with Crippen LogP contribution in [0.4, 0.5) is 5.69 Å². The highest BCUT2D eigenvalue weighted by atomic mass is 16.7. The monoisotopic (exact) mass is 439 g/mol. The number of methoxy groups -OCH3 is 1. The highest BCUT2D eigenvalue weighted by molar-refractivity contribution is 6.06. The zero-order valence-corrected chi connectivity index (χ0v) is 19.3. The largest absolute Gasteiger partial charge is 0.493 e. The van der Waals surface area contributed by atoms with Crippen molar-refractivity contribution in [3.63, 3.8) is 0 Å². The summed E-state index contributed by atoms with van der Waals surface area (Å²) in [6.45, 7) is 6.19. The third-order valence-corrected chi connectivity index (χ3v) is 6.07. The number of anilines is 1. The van der Waals surface area contributed by atoms with Crippen molar-refractivity contribution in [2.45, 2.75) is 58.3 Å². The first-order valence-corrected chi connectivity index (χ1v) is 11.7. The Morgan fingerprint density at radius 2 is 1.72 bits per heavy atom. The number of amides is 1. The molecule has 172 valence electrons. The molecule has 1 amide bonds. The van der Waals surface area contributed by atoms with Gasteiger partial charge in [0.05, 0.1) is 39.2 Å². The quantitative estimate of drug-likeness (QED) is 0.490. The van der Waals surface area contributed by atoms with E-state index in [0.29, 0.717) is 32.1 Å². The minimum Gasteiger partial charge on any atom is -0.493 e. The first-order chi connectivity index (χ1) is 15.6. The van der Waals surface area contributed by atoms with Crippen LogP contribution in [-0.2, 0) is 33.0 Å². The molecule has 0 unspecified atom stereocenters. The van der Waals surface area contributed by atoms with Crippen LogP contribution in [0.2, 0.25) is 0 Å². The van der Waals surface area contributed by atoms with Gasteiger partial charge in [0, 0.05) is 5.56 Å². The molecule has 0 aliphatic carbocycles. The fourth-order valence-corrected chi connectivity index (χ4v) is 4.31. The SMILES string of the molecule is CCCCOc1ccc(CN2C(=O)C3(OCCO3)c3cc(CCCC)ccc32)cc1OC. The third-order valence-electron chi connectivity index (χ3n) is 6.07. The predicted molar refractivity (Wildman–Crippen MR) is 123 cm³/mol. The molecule has 2 aromatic carbocycles. The van der Waals surface area contributed by atoms with Crippen molar-refractivity contribution in [2.24, 2.45) is 0 Å². The number of unbranched alkanes of at least 4 members (excludes halogenated alkanes) is 2. The number of aryl methyl sites for hydroxylation is 1. The molecule has 4 rings (SSSR count). The minimum atomic E-state index is -1.31. The molecule has 1 saturated heterocycles. The molecule has 2 heterocycles. The average molecular weight is 440 g/mol. The summed E-state index contributed by atoms with van der Waals surface area (Å²) in [7, 11) is 1.63. The predicted octanol–water partition coefficient (Wildman–Crippen LogP) is 4.96. The number of carbonyl (C=O) groups is 1. The Balaban J connectivity index is 1.61. The minimum absolute atomic E-state index is 0.167. The zero-order valence-electron chi connectivity index (χ0n) is 19.3. The van der Waals surface area contributed by atoms with E-state index >= 15 is 0 Å². The van der Waals surface area contributed by atoms with E-state index in [1.54, 1.807) is 12.0 Å². The number of benzene rings is 2. The van der Waals surface area contributed by atoms with Gasteiger partial charge >= 0.3 is 0 Å². The lowest BCUT2D eigenvalue weighted by Gasteiger charge is -2.22. The summed E-state index contributed by atoms with van der Waals surface area (Å²) >= 11 is 0. The summed E-state index contributed by atoms with van der Waals surface area (Å²) in [5.41, 5.74) is 3.82. The number of hydrogen-bond donors (Lipinski definition) is 0. The Bertz CT molecular complexity index is 951. The molecular weight excluding hydrogens is 406 g/mol. The number of nitrogens with zero attached hydrogens (tertiary/aromatic N) is 1. The summed E-state index contributed by atoms with van der Waals surface area (Å²) in [6.07, 6.45) is 5.28. The van der Waals surface area contributed by atoms with Crippen molar-refractivity contribution in [1.82, 2.24) is 0 Å². The molecule has 6 heteroatoms. The summed E-state index contributed by atoms with van der Waals surface area (Å²) in [5.74, 6) is -0.0918. The second kappa shape index (κ2) is 9.92. The molecule has 6 nitrogen and oxygen atoms in total. The molecule has 0 saturated carbocycles. The van der Waals surface area contributed by atoms with Gasteiger partial charge < -0.3 is 23.8 Å². The van der Waals surface area contributed by atoms with Crippen LogP contribution >= 0.6 is 0 Å². The first-order valence-electron chi connectivity index (χ1n) is 11.7. The van der Waals surface area contributed by atoms with Gasteiger partial charge in [0.1, 0.15) is 0 Å². The molecular formula is C26H33NO5. The van der Waals surface area contributed by atoms with E-state index in [4.69, 9.17) is 18.9 Å². The number of carbonyl (C=O) groups excluding carboxylic acids is 1. The maximum atomic E-state index is 13.5. The molecule has 0 bridgehead atoms. The van der Waals surface area contributed by atoms with E-state index in [-0.39, 0.29) is 5.91 Å². The Labute approximate surface area is 190 Å². The van der Waals surface area contributed by atoms with Gasteiger partial charge in [-0.25, -0.2) is 0 Å². The van der Waals surface area contributed by atoms with Crippen LogP contribution in [0, 0.1) is 0 Å². The Morgan fingerprint density at radius 1 is 0.969 bits per heavy atom. The standard InChI is InChI=1S/C26H33NO5/c1-4-6-8-19-9-11-22-21(16-19)26(31-14-15-32-26)25(28)27(22)18-20-10-12-23(24(17-20)29-3)30-13-7-5-2/h9-12,16-17H,4-8,13-15,18H2,1-3H3. The van der Waals surface area contributed by atoms with Gasteiger partial charge in [-0.3, -0.25) is 4.79 Å². The van der Waals surface area contributed by atoms with E-state index in [9.17, 15) is 4.79 Å². The van der Waals surface area contributed by atoms with Gasteiger partial charge in [-0.05, 0) is 54.7 Å². The third kappa shape index (κ3) is 4.21. The van der Waals surface area contributed by atoms with Crippen molar-refractivity contribution < 1.29 is 23.7 Å². The summed E-state index contributed by atoms with van der Waals surface area (Å²) in [4.78, 5) is 15.3. The fourth-order valence-electron chi connectivity index (χ4n) is 4.31. The van der Waals surface area contributed by atoms with Crippen molar-refractivity contribution >= 4 is 11.6 Å². The lowest BCUT2D eigenvalue weighted by atomic mass is 10.0. The lowest BCUT2D eigenvalue weighted by Crippen LogP contribution is -2.40. The molecule has 2 aliphatic rings. The van der Waals surface area contributed by atoms with E-state index in [2.05, 4.69) is 26.0 Å². The number of rotatable bonds is 10. The molecule has 1 spiro atoms. The summed E-state index contributed by atoms with van der Waals surface area (Å²) < 4.78 is 23.2. The molecule has 0 radical (unpaired) electrons. The smallest absolute Gasteiger partial charge is 0.292 e. The van der Waals surface area contributed by atoms with Crippen LogP contribution < -0.4 is 14.4 Å². The molecule has 32 heavy (non-hydrogen) atoms. The lowest BCUT2D eigenvalue weighted by molar-refractivity contribution is -0.180. The maximum absolute atomic E-state index is 13.5. The topological polar surface area (TPSA) is 57.2 Å². The Morgan fingerprint density at radius 3 is 2.44 bits per heavy atom. The highest BCUT2D eigenvalue weighted by Crippen LogP contribution is 2.47. The average Bonchev–Trinajstić information content (AvgIpc) is 3.39. The van der Waals surface area contributed by atoms with Gasteiger partial charge in [-0.2, -0.15) is 0 Å². The van der Waals surface area contributed by atoms with E-state index in [1.807, 2.05) is 24.3 Å². The van der Waals surface area contributed by atoms with E-state index < -0.39 is 5.79 Å². The normalized spacial score (nSPS) is 16.6. The Kier molecular flexibility index (Phi) is 7.01. The molecule has 2 aromatic rings. The second-order valence-corrected chi connectivity index (χ2v) is 8.35. The van der Waals surface area contributed by atoms with Crippen LogP contribution in [0.25, 0.3) is 0 Å². The Hall–Kier alpha value is -2.57. The zero-order chi connectivity index (χ0) is 22.6. The maximum Gasteiger partial charge on any atom is 0.292 e.